The number of hydrogen-bond donors (Lipinski definition) is 2. The van der Waals surface area contributed by atoms with Gasteiger partial charge in [-0.15, -0.1) is 0 Å². The van der Waals surface area contributed by atoms with Crippen molar-refractivity contribution in [1.29, 1.82) is 0 Å². The van der Waals surface area contributed by atoms with Crippen LogP contribution in [0.5, 0.6) is 0 Å². The van der Waals surface area contributed by atoms with E-state index < -0.39 is 0 Å². The number of carbonyl (C=O) groups is 2. The Hall–Kier alpha value is -1.98. The molecule has 1 aromatic heterocycles. The van der Waals surface area contributed by atoms with Gasteiger partial charge in [-0.1, -0.05) is 35.3 Å². The van der Waals surface area contributed by atoms with E-state index in [4.69, 9.17) is 27.6 Å². The Morgan fingerprint density at radius 3 is 2.65 bits per heavy atom. The van der Waals surface area contributed by atoms with Crippen LogP contribution in [0.4, 0.5) is 0 Å². The van der Waals surface area contributed by atoms with Crippen LogP contribution in [0.1, 0.15) is 21.7 Å². The quantitative estimate of drug-likeness (QED) is 0.837. The number of nitrogens with one attached hydrogen (secondary N) is 2. The summed E-state index contributed by atoms with van der Waals surface area (Å²) in [4.78, 5) is 23.6. The Balaban J connectivity index is 1.74. The first-order valence-corrected chi connectivity index (χ1v) is 7.76. The number of aryl methyl sites for hydroxylation is 1. The molecule has 0 aliphatic carbocycles. The average molecular weight is 355 g/mol. The molecule has 2 rings (SSSR count). The van der Waals surface area contributed by atoms with Gasteiger partial charge in [-0.3, -0.25) is 9.59 Å². The summed E-state index contributed by atoms with van der Waals surface area (Å²) < 4.78 is 5.04. The maximum Gasteiger partial charge on any atom is 0.255 e. The van der Waals surface area contributed by atoms with Crippen LogP contribution in [-0.4, -0.2) is 24.9 Å². The molecule has 0 bridgehead atoms. The molecule has 0 aliphatic heterocycles. The van der Waals surface area contributed by atoms with Crippen LogP contribution in [-0.2, 0) is 11.2 Å². The van der Waals surface area contributed by atoms with Gasteiger partial charge in [-0.25, -0.2) is 0 Å². The molecule has 2 N–H and O–H groups in total. The van der Waals surface area contributed by atoms with Gasteiger partial charge >= 0.3 is 0 Å². The molecule has 0 radical (unpaired) electrons. The van der Waals surface area contributed by atoms with Crippen LogP contribution in [0.15, 0.2) is 34.9 Å². The first-order chi connectivity index (χ1) is 11.0. The summed E-state index contributed by atoms with van der Waals surface area (Å²) in [6.45, 7) is 1.98. The molecule has 0 fully saturated rings. The third-order valence-electron chi connectivity index (χ3n) is 3.26. The Labute approximate surface area is 144 Å². The zero-order chi connectivity index (χ0) is 16.8. The van der Waals surface area contributed by atoms with Gasteiger partial charge in [-0.2, -0.15) is 0 Å². The van der Waals surface area contributed by atoms with Crippen molar-refractivity contribution in [2.75, 3.05) is 13.1 Å². The molecule has 0 aliphatic rings. The Morgan fingerprint density at radius 2 is 1.96 bits per heavy atom. The molecule has 2 amide bonds. The van der Waals surface area contributed by atoms with Crippen LogP contribution < -0.4 is 10.6 Å². The Morgan fingerprint density at radius 1 is 1.17 bits per heavy atom. The lowest BCUT2D eigenvalue weighted by atomic mass is 10.1. The van der Waals surface area contributed by atoms with Crippen LogP contribution >= 0.6 is 23.2 Å². The van der Waals surface area contributed by atoms with Crippen molar-refractivity contribution in [3.63, 3.8) is 0 Å². The molecular formula is C16H16Cl2N2O3. The van der Waals surface area contributed by atoms with Crippen molar-refractivity contribution >= 4 is 35.0 Å². The predicted octanol–water partition coefficient (Wildman–Crippen LogP) is 2.98. The third kappa shape index (κ3) is 4.74. The number of hydrogen-bond acceptors (Lipinski definition) is 3. The second-order valence-electron chi connectivity index (χ2n) is 4.89. The monoisotopic (exact) mass is 354 g/mol. The molecule has 122 valence electrons. The van der Waals surface area contributed by atoms with Crippen molar-refractivity contribution in [3.8, 4) is 0 Å². The van der Waals surface area contributed by atoms with Gasteiger partial charge in [0.25, 0.3) is 5.91 Å². The highest BCUT2D eigenvalue weighted by molar-refractivity contribution is 6.42. The van der Waals surface area contributed by atoms with E-state index in [1.807, 2.05) is 6.07 Å². The van der Waals surface area contributed by atoms with Gasteiger partial charge in [0.1, 0.15) is 5.76 Å². The van der Waals surface area contributed by atoms with E-state index >= 15 is 0 Å². The van der Waals surface area contributed by atoms with E-state index in [1.54, 1.807) is 25.1 Å². The molecule has 0 saturated heterocycles. The minimum atomic E-state index is -0.343. The Kier molecular flexibility index (Phi) is 6.07. The van der Waals surface area contributed by atoms with Crippen molar-refractivity contribution in [2.45, 2.75) is 13.3 Å². The smallest absolute Gasteiger partial charge is 0.255 e. The zero-order valence-corrected chi connectivity index (χ0v) is 14.0. The minimum Gasteiger partial charge on any atom is -0.469 e. The fourth-order valence-electron chi connectivity index (χ4n) is 2.02. The molecule has 0 spiro atoms. The van der Waals surface area contributed by atoms with Crippen molar-refractivity contribution in [1.82, 2.24) is 10.6 Å². The minimum absolute atomic E-state index is 0.104. The second-order valence-corrected chi connectivity index (χ2v) is 5.67. The lowest BCUT2D eigenvalue weighted by Crippen LogP contribution is -2.37. The fraction of sp³-hybridized carbons (Fsp3) is 0.250. The van der Waals surface area contributed by atoms with Gasteiger partial charge < -0.3 is 15.1 Å². The van der Waals surface area contributed by atoms with Gasteiger partial charge in [0.05, 0.1) is 28.4 Å². The first kappa shape index (κ1) is 17.4. The average Bonchev–Trinajstić information content (AvgIpc) is 2.95. The van der Waals surface area contributed by atoms with E-state index in [0.29, 0.717) is 34.3 Å². The summed E-state index contributed by atoms with van der Waals surface area (Å²) in [5, 5.41) is 6.23. The van der Waals surface area contributed by atoms with E-state index in [0.717, 1.165) is 5.56 Å². The maximum atomic E-state index is 11.8. The van der Waals surface area contributed by atoms with Crippen molar-refractivity contribution in [2.24, 2.45) is 0 Å². The number of carbonyl (C=O) groups excluding carboxylic acids is 2. The first-order valence-electron chi connectivity index (χ1n) is 7.01. The lowest BCUT2D eigenvalue weighted by molar-refractivity contribution is -0.120. The molecule has 7 heteroatoms. The highest BCUT2D eigenvalue weighted by atomic mass is 35.5. The van der Waals surface area contributed by atoms with E-state index in [1.165, 1.54) is 6.26 Å². The van der Waals surface area contributed by atoms with E-state index in [-0.39, 0.29) is 18.4 Å². The standard InChI is InChI=1S/C16H16Cl2N2O3/c1-10-12(6-8-23-10)16(22)20-9-14(21)19-7-5-11-3-2-4-13(17)15(11)18/h2-4,6,8H,5,7,9H2,1H3,(H,19,21)(H,20,22). The maximum absolute atomic E-state index is 11.8. The van der Waals surface area contributed by atoms with Crippen LogP contribution in [0.2, 0.25) is 10.0 Å². The zero-order valence-electron chi connectivity index (χ0n) is 12.5. The molecule has 0 saturated carbocycles. The van der Waals surface area contributed by atoms with Gasteiger partial charge in [0, 0.05) is 6.54 Å². The molecule has 23 heavy (non-hydrogen) atoms. The van der Waals surface area contributed by atoms with Gasteiger partial charge in [0.15, 0.2) is 0 Å². The van der Waals surface area contributed by atoms with Crippen LogP contribution in [0, 0.1) is 6.92 Å². The highest BCUT2D eigenvalue weighted by Crippen LogP contribution is 2.25. The van der Waals surface area contributed by atoms with Crippen molar-refractivity contribution < 1.29 is 14.0 Å². The number of amides is 2. The summed E-state index contributed by atoms with van der Waals surface area (Å²) in [5.41, 5.74) is 1.28. The number of rotatable bonds is 6. The molecule has 0 unspecified atom stereocenters. The Bertz CT molecular complexity index is 713. The van der Waals surface area contributed by atoms with Crippen LogP contribution in [0.25, 0.3) is 0 Å². The molecule has 0 atom stereocenters. The highest BCUT2D eigenvalue weighted by Gasteiger charge is 2.12. The molecule has 1 aromatic carbocycles. The summed E-state index contributed by atoms with van der Waals surface area (Å²) in [7, 11) is 0. The topological polar surface area (TPSA) is 71.3 Å². The summed E-state index contributed by atoms with van der Waals surface area (Å²) in [5.74, 6) is -0.111. The predicted molar refractivity (Wildman–Crippen MR) is 89.0 cm³/mol. The normalized spacial score (nSPS) is 10.4. The SMILES string of the molecule is Cc1occc1C(=O)NCC(=O)NCCc1cccc(Cl)c1Cl. The number of benzene rings is 1. The summed E-state index contributed by atoms with van der Waals surface area (Å²) in [6, 6.07) is 6.92. The van der Waals surface area contributed by atoms with Crippen molar-refractivity contribution in [3.05, 3.63) is 57.5 Å². The molecule has 2 aromatic rings. The second kappa shape index (κ2) is 8.04. The van der Waals surface area contributed by atoms with Crippen LogP contribution in [0.3, 0.4) is 0 Å². The number of furan rings is 1. The molecule has 5 nitrogen and oxygen atoms in total. The van der Waals surface area contributed by atoms with E-state index in [2.05, 4.69) is 10.6 Å². The lowest BCUT2D eigenvalue weighted by Gasteiger charge is -2.08. The van der Waals surface area contributed by atoms with Gasteiger partial charge in [0.2, 0.25) is 5.91 Å². The van der Waals surface area contributed by atoms with Gasteiger partial charge in [-0.05, 0) is 31.0 Å². The fourth-order valence-corrected chi connectivity index (χ4v) is 2.43. The third-order valence-corrected chi connectivity index (χ3v) is 4.12. The van der Waals surface area contributed by atoms with E-state index in [9.17, 15) is 9.59 Å². The summed E-state index contributed by atoms with van der Waals surface area (Å²) >= 11 is 12.0. The number of halogens is 2. The molecule has 1 heterocycles. The molecular weight excluding hydrogens is 339 g/mol. The largest absolute Gasteiger partial charge is 0.469 e. The summed E-state index contributed by atoms with van der Waals surface area (Å²) in [6.07, 6.45) is 1.99.